The number of benzene rings is 1. The van der Waals surface area contributed by atoms with E-state index in [1.165, 1.54) is 0 Å². The van der Waals surface area contributed by atoms with Gasteiger partial charge in [0.1, 0.15) is 5.82 Å². The Labute approximate surface area is 122 Å². The van der Waals surface area contributed by atoms with Gasteiger partial charge in [0, 0.05) is 10.7 Å². The molecule has 0 bridgehead atoms. The summed E-state index contributed by atoms with van der Waals surface area (Å²) in [5.74, 6) is 6.09. The highest BCUT2D eigenvalue weighted by Gasteiger charge is 2.09. The van der Waals surface area contributed by atoms with E-state index in [0.29, 0.717) is 27.5 Å². The molecule has 1 aromatic heterocycles. The molecule has 0 unspecified atom stereocenters. The van der Waals surface area contributed by atoms with Crippen LogP contribution in [-0.4, -0.2) is 9.97 Å². The molecule has 0 saturated carbocycles. The number of halogens is 3. The number of nitrogens with zero attached hydrogens (tertiary/aromatic N) is 2. The van der Waals surface area contributed by atoms with E-state index in [-0.39, 0.29) is 0 Å². The molecule has 4 N–H and O–H groups in total. The summed E-state index contributed by atoms with van der Waals surface area (Å²) < 4.78 is 0.728. The topological polar surface area (TPSA) is 75.9 Å². The van der Waals surface area contributed by atoms with Crippen LogP contribution in [0, 0.1) is 0 Å². The third-order valence-electron chi connectivity index (χ3n) is 2.08. The first-order chi connectivity index (χ1) is 8.61. The lowest BCUT2D eigenvalue weighted by molar-refractivity contribution is 1.12. The van der Waals surface area contributed by atoms with Crippen molar-refractivity contribution >= 4 is 56.6 Å². The molecule has 18 heavy (non-hydrogen) atoms. The van der Waals surface area contributed by atoms with Crippen molar-refractivity contribution < 1.29 is 0 Å². The highest BCUT2D eigenvalue weighted by molar-refractivity contribution is 9.10. The van der Waals surface area contributed by atoms with Crippen LogP contribution in [0.2, 0.25) is 10.0 Å². The number of rotatable bonds is 3. The van der Waals surface area contributed by atoms with Gasteiger partial charge in [-0.1, -0.05) is 23.2 Å². The Hall–Kier alpha value is -1.08. The average molecular weight is 349 g/mol. The molecule has 0 amide bonds. The monoisotopic (exact) mass is 347 g/mol. The number of nitrogens with one attached hydrogen (secondary N) is 2. The molecule has 0 atom stereocenters. The van der Waals surface area contributed by atoms with E-state index in [1.54, 1.807) is 24.4 Å². The van der Waals surface area contributed by atoms with E-state index in [4.69, 9.17) is 29.0 Å². The normalized spacial score (nSPS) is 10.2. The molecule has 0 saturated heterocycles. The van der Waals surface area contributed by atoms with Crippen molar-refractivity contribution in [2.75, 3.05) is 10.7 Å². The number of anilines is 3. The zero-order valence-corrected chi connectivity index (χ0v) is 12.0. The Bertz CT molecular complexity index is 578. The summed E-state index contributed by atoms with van der Waals surface area (Å²) in [6, 6.07) is 5.27. The minimum absolute atomic E-state index is 0.305. The SMILES string of the molecule is NNc1nccc(Nc2ccc(Br)c(Cl)c2Cl)n1. The van der Waals surface area contributed by atoms with Crippen LogP contribution in [0.3, 0.4) is 0 Å². The van der Waals surface area contributed by atoms with Gasteiger partial charge < -0.3 is 5.32 Å². The van der Waals surface area contributed by atoms with E-state index in [1.807, 2.05) is 0 Å². The number of nitrogens with two attached hydrogens (primary N) is 1. The van der Waals surface area contributed by atoms with Crippen molar-refractivity contribution in [2.45, 2.75) is 0 Å². The van der Waals surface area contributed by atoms with E-state index in [9.17, 15) is 0 Å². The largest absolute Gasteiger partial charge is 0.339 e. The molecule has 94 valence electrons. The Morgan fingerprint density at radius 3 is 2.67 bits per heavy atom. The predicted octanol–water partition coefficient (Wildman–Crippen LogP) is 3.58. The van der Waals surface area contributed by atoms with Crippen LogP contribution in [0.1, 0.15) is 0 Å². The van der Waals surface area contributed by atoms with E-state index < -0.39 is 0 Å². The maximum Gasteiger partial charge on any atom is 0.239 e. The number of hydrogen-bond donors (Lipinski definition) is 3. The van der Waals surface area contributed by atoms with Gasteiger partial charge in [-0.15, -0.1) is 0 Å². The van der Waals surface area contributed by atoms with Gasteiger partial charge in [-0.05, 0) is 34.1 Å². The van der Waals surface area contributed by atoms with Gasteiger partial charge in [0.25, 0.3) is 0 Å². The van der Waals surface area contributed by atoms with Gasteiger partial charge >= 0.3 is 0 Å². The minimum Gasteiger partial charge on any atom is -0.339 e. The van der Waals surface area contributed by atoms with Gasteiger partial charge in [-0.3, -0.25) is 5.43 Å². The van der Waals surface area contributed by atoms with Crippen LogP contribution in [0.4, 0.5) is 17.5 Å². The van der Waals surface area contributed by atoms with Gasteiger partial charge in [-0.2, -0.15) is 4.98 Å². The van der Waals surface area contributed by atoms with Crippen LogP contribution in [0.25, 0.3) is 0 Å². The number of hydrogen-bond acceptors (Lipinski definition) is 5. The third-order valence-corrected chi connectivity index (χ3v) is 3.85. The zero-order chi connectivity index (χ0) is 13.1. The zero-order valence-electron chi connectivity index (χ0n) is 8.92. The molecular formula is C10H8BrCl2N5. The van der Waals surface area contributed by atoms with Crippen molar-refractivity contribution in [3.05, 3.63) is 38.9 Å². The minimum atomic E-state index is 0.305. The van der Waals surface area contributed by atoms with E-state index in [0.717, 1.165) is 4.47 Å². The summed E-state index contributed by atoms with van der Waals surface area (Å²) in [5.41, 5.74) is 3.00. The number of nitrogen functional groups attached to an aromatic ring is 1. The Kier molecular flexibility index (Phi) is 4.23. The number of aromatic nitrogens is 2. The first-order valence-electron chi connectivity index (χ1n) is 4.82. The van der Waals surface area contributed by atoms with Crippen LogP contribution in [0.5, 0.6) is 0 Å². The third kappa shape index (κ3) is 2.84. The van der Waals surface area contributed by atoms with Gasteiger partial charge in [0.15, 0.2) is 0 Å². The van der Waals surface area contributed by atoms with Crippen LogP contribution in [0.15, 0.2) is 28.9 Å². The van der Waals surface area contributed by atoms with E-state index in [2.05, 4.69) is 36.6 Å². The first-order valence-corrected chi connectivity index (χ1v) is 6.37. The summed E-state index contributed by atoms with van der Waals surface area (Å²) in [5, 5.41) is 3.88. The molecule has 5 nitrogen and oxygen atoms in total. The lowest BCUT2D eigenvalue weighted by Crippen LogP contribution is -2.10. The maximum atomic E-state index is 6.11. The van der Waals surface area contributed by atoms with Gasteiger partial charge in [-0.25, -0.2) is 10.8 Å². The molecule has 1 aromatic carbocycles. The molecule has 2 rings (SSSR count). The maximum absolute atomic E-state index is 6.11. The lowest BCUT2D eigenvalue weighted by atomic mass is 10.3. The second-order valence-electron chi connectivity index (χ2n) is 3.26. The average Bonchev–Trinajstić information content (AvgIpc) is 2.40. The Morgan fingerprint density at radius 1 is 1.17 bits per heavy atom. The standard InChI is InChI=1S/C10H8BrCl2N5/c11-5-1-2-6(9(13)8(5)12)16-7-3-4-15-10(17-7)18-14/h1-4H,14H2,(H2,15,16,17,18). The van der Waals surface area contributed by atoms with Gasteiger partial charge in [0.05, 0.1) is 15.7 Å². The Morgan fingerprint density at radius 2 is 1.94 bits per heavy atom. The summed E-state index contributed by atoms with van der Waals surface area (Å²) in [6.45, 7) is 0. The lowest BCUT2D eigenvalue weighted by Gasteiger charge is -2.10. The summed E-state index contributed by atoms with van der Waals surface area (Å²) in [6.07, 6.45) is 1.57. The van der Waals surface area contributed by atoms with Gasteiger partial charge in [0.2, 0.25) is 5.95 Å². The van der Waals surface area contributed by atoms with E-state index >= 15 is 0 Å². The van der Waals surface area contributed by atoms with Crippen LogP contribution >= 0.6 is 39.1 Å². The molecule has 1 heterocycles. The smallest absolute Gasteiger partial charge is 0.239 e. The molecule has 0 spiro atoms. The fraction of sp³-hybridized carbons (Fsp3) is 0. The van der Waals surface area contributed by atoms with Crippen molar-refractivity contribution in [1.82, 2.24) is 9.97 Å². The molecule has 0 aliphatic rings. The molecule has 0 aliphatic carbocycles. The summed E-state index contributed by atoms with van der Waals surface area (Å²) in [7, 11) is 0. The molecular weight excluding hydrogens is 341 g/mol. The number of hydrazine groups is 1. The molecule has 0 aliphatic heterocycles. The fourth-order valence-corrected chi connectivity index (χ4v) is 2.08. The quantitative estimate of drug-likeness (QED) is 0.449. The van der Waals surface area contributed by atoms with Crippen LogP contribution < -0.4 is 16.6 Å². The Balaban J connectivity index is 2.31. The van der Waals surface area contributed by atoms with Crippen LogP contribution in [-0.2, 0) is 0 Å². The molecule has 2 aromatic rings. The first kappa shape index (κ1) is 13.4. The highest BCUT2D eigenvalue weighted by atomic mass is 79.9. The second-order valence-corrected chi connectivity index (χ2v) is 4.87. The fourth-order valence-electron chi connectivity index (χ4n) is 1.26. The van der Waals surface area contributed by atoms with Crippen molar-refractivity contribution in [1.29, 1.82) is 0 Å². The highest BCUT2D eigenvalue weighted by Crippen LogP contribution is 2.36. The van der Waals surface area contributed by atoms with Crippen molar-refractivity contribution in [3.8, 4) is 0 Å². The molecule has 0 radical (unpaired) electrons. The predicted molar refractivity (Wildman–Crippen MR) is 77.3 cm³/mol. The van der Waals surface area contributed by atoms with Crippen molar-refractivity contribution in [3.63, 3.8) is 0 Å². The second kappa shape index (κ2) is 5.71. The molecule has 8 heteroatoms. The molecule has 0 fully saturated rings. The summed E-state index contributed by atoms with van der Waals surface area (Å²) >= 11 is 15.4. The summed E-state index contributed by atoms with van der Waals surface area (Å²) in [4.78, 5) is 8.01. The van der Waals surface area contributed by atoms with Crippen molar-refractivity contribution in [2.24, 2.45) is 5.84 Å².